The van der Waals surface area contributed by atoms with E-state index >= 15 is 0 Å². The first-order valence-corrected chi connectivity index (χ1v) is 12.4. The summed E-state index contributed by atoms with van der Waals surface area (Å²) < 4.78 is 28.1. The quantitative estimate of drug-likeness (QED) is 0.401. The van der Waals surface area contributed by atoms with E-state index in [0.29, 0.717) is 31.7 Å². The van der Waals surface area contributed by atoms with E-state index < -0.39 is 14.9 Å². The molecule has 2 heterocycles. The van der Waals surface area contributed by atoms with Crippen molar-refractivity contribution in [1.82, 2.24) is 9.21 Å². The van der Waals surface area contributed by atoms with Crippen molar-refractivity contribution in [3.63, 3.8) is 0 Å². The summed E-state index contributed by atoms with van der Waals surface area (Å²) in [4.78, 5) is 13.2. The Balaban J connectivity index is 1.51. The number of likely N-dealkylation sites (N-methyl/N-ethyl adjacent to an activating group) is 1. The van der Waals surface area contributed by atoms with E-state index in [1.54, 1.807) is 18.2 Å². The van der Waals surface area contributed by atoms with Crippen molar-refractivity contribution in [1.29, 1.82) is 0 Å². The first-order chi connectivity index (χ1) is 15.8. The van der Waals surface area contributed by atoms with E-state index in [-0.39, 0.29) is 34.2 Å². The molecular weight excluding hydrogens is 444 g/mol. The van der Waals surface area contributed by atoms with E-state index in [4.69, 9.17) is 0 Å². The predicted molar refractivity (Wildman–Crippen MR) is 124 cm³/mol. The SMILES string of the molecule is CN1CCN(S(=O)(=O)c2ccc3c(c2)C2C=CCC2C(c2cc([N+](=O)[O-])ccc2O)N3)CC1. The second kappa shape index (κ2) is 8.12. The van der Waals surface area contributed by atoms with Crippen molar-refractivity contribution in [2.24, 2.45) is 5.92 Å². The molecule has 174 valence electrons. The lowest BCUT2D eigenvalue weighted by Crippen LogP contribution is -2.47. The molecule has 9 nitrogen and oxygen atoms in total. The molecule has 0 saturated carbocycles. The van der Waals surface area contributed by atoms with Crippen LogP contribution in [0.5, 0.6) is 5.75 Å². The number of sulfonamides is 1. The Morgan fingerprint density at radius 3 is 2.58 bits per heavy atom. The third-order valence-electron chi connectivity index (χ3n) is 6.99. The number of allylic oxidation sites excluding steroid dienone is 2. The number of rotatable bonds is 4. The fraction of sp³-hybridized carbons (Fsp3) is 0.391. The average molecular weight is 471 g/mol. The Labute approximate surface area is 192 Å². The summed E-state index contributed by atoms with van der Waals surface area (Å²) in [5.74, 6) is -0.0407. The summed E-state index contributed by atoms with van der Waals surface area (Å²) in [7, 11) is -1.61. The topological polar surface area (TPSA) is 116 Å². The molecule has 2 N–H and O–H groups in total. The lowest BCUT2D eigenvalue weighted by atomic mass is 9.77. The predicted octanol–water partition coefficient (Wildman–Crippen LogP) is 3.06. The molecule has 0 bridgehead atoms. The van der Waals surface area contributed by atoms with Crippen LogP contribution in [0.4, 0.5) is 11.4 Å². The van der Waals surface area contributed by atoms with Gasteiger partial charge in [0.15, 0.2) is 0 Å². The lowest BCUT2D eigenvalue weighted by molar-refractivity contribution is -0.385. The highest BCUT2D eigenvalue weighted by molar-refractivity contribution is 7.89. The number of hydrogen-bond donors (Lipinski definition) is 2. The van der Waals surface area contributed by atoms with Crippen LogP contribution in [0.3, 0.4) is 0 Å². The van der Waals surface area contributed by atoms with Crippen molar-refractivity contribution in [3.05, 3.63) is 69.8 Å². The van der Waals surface area contributed by atoms with Crippen molar-refractivity contribution in [2.45, 2.75) is 23.3 Å². The number of nitro groups is 1. The van der Waals surface area contributed by atoms with Crippen molar-refractivity contribution < 1.29 is 18.4 Å². The van der Waals surface area contributed by atoms with Gasteiger partial charge >= 0.3 is 0 Å². The molecule has 10 heteroatoms. The van der Waals surface area contributed by atoms with E-state index in [1.165, 1.54) is 22.5 Å². The van der Waals surface area contributed by atoms with E-state index in [2.05, 4.69) is 22.4 Å². The number of fused-ring (bicyclic) bond motifs is 3. The molecule has 2 aromatic rings. The Hall–Kier alpha value is -2.95. The molecule has 1 saturated heterocycles. The number of hydrogen-bond acceptors (Lipinski definition) is 7. The molecule has 0 aromatic heterocycles. The Bertz CT molecular complexity index is 1240. The van der Waals surface area contributed by atoms with Gasteiger partial charge in [-0.15, -0.1) is 0 Å². The summed E-state index contributed by atoms with van der Waals surface area (Å²) in [6.45, 7) is 2.34. The number of nitro benzene ring substituents is 1. The monoisotopic (exact) mass is 470 g/mol. The number of piperazine rings is 1. The Kier molecular flexibility index (Phi) is 5.38. The molecule has 1 aliphatic carbocycles. The average Bonchev–Trinajstić information content (AvgIpc) is 3.29. The van der Waals surface area contributed by atoms with Gasteiger partial charge in [0.1, 0.15) is 5.75 Å². The molecular formula is C23H26N4O5S. The molecule has 33 heavy (non-hydrogen) atoms. The zero-order chi connectivity index (χ0) is 23.3. The van der Waals surface area contributed by atoms with Crippen LogP contribution in [0.15, 0.2) is 53.4 Å². The smallest absolute Gasteiger partial charge is 0.270 e. The molecule has 0 amide bonds. The van der Waals surface area contributed by atoms with Gasteiger partial charge in [-0.3, -0.25) is 10.1 Å². The van der Waals surface area contributed by atoms with E-state index in [1.807, 2.05) is 7.05 Å². The summed E-state index contributed by atoms with van der Waals surface area (Å²) in [6.07, 6.45) is 4.84. The molecule has 0 radical (unpaired) electrons. The fourth-order valence-corrected chi connectivity index (χ4v) is 6.58. The number of aromatic hydroxyl groups is 1. The van der Waals surface area contributed by atoms with Crippen LogP contribution in [0.1, 0.15) is 29.5 Å². The second-order valence-electron chi connectivity index (χ2n) is 8.93. The van der Waals surface area contributed by atoms with Crippen molar-refractivity contribution in [2.75, 3.05) is 38.5 Å². The van der Waals surface area contributed by atoms with Gasteiger partial charge in [-0.05, 0) is 49.2 Å². The van der Waals surface area contributed by atoms with Crippen LogP contribution in [-0.2, 0) is 10.0 Å². The zero-order valence-corrected chi connectivity index (χ0v) is 19.0. The van der Waals surface area contributed by atoms with Crippen LogP contribution in [0.2, 0.25) is 0 Å². The molecule has 5 rings (SSSR count). The maximum absolute atomic E-state index is 13.3. The molecule has 3 aliphatic rings. The number of benzene rings is 2. The highest BCUT2D eigenvalue weighted by Crippen LogP contribution is 2.51. The van der Waals surface area contributed by atoms with Gasteiger partial charge in [0.25, 0.3) is 5.69 Å². The van der Waals surface area contributed by atoms with Gasteiger partial charge in [-0.2, -0.15) is 4.31 Å². The van der Waals surface area contributed by atoms with Crippen LogP contribution in [-0.4, -0.2) is 60.9 Å². The van der Waals surface area contributed by atoms with Crippen LogP contribution in [0, 0.1) is 16.0 Å². The molecule has 2 aliphatic heterocycles. The molecule has 3 unspecified atom stereocenters. The van der Waals surface area contributed by atoms with Gasteiger partial charge in [0, 0.05) is 55.5 Å². The second-order valence-corrected chi connectivity index (χ2v) is 10.9. The van der Waals surface area contributed by atoms with E-state index in [9.17, 15) is 23.6 Å². The number of non-ortho nitro benzene ring substituents is 1. The minimum absolute atomic E-state index is 0.00136. The number of nitrogens with zero attached hydrogens (tertiary/aromatic N) is 3. The standard InChI is InChI=1S/C23H26N4O5S/c1-25-9-11-26(12-10-25)33(31,32)16-6-7-21-19(14-16)17-3-2-4-18(17)23(24-21)20-13-15(27(29)30)5-8-22(20)28/h2-3,5-8,13-14,17-18,23-24,28H,4,9-12H2,1H3. The van der Waals surface area contributed by atoms with Gasteiger partial charge in [-0.1, -0.05) is 12.2 Å². The van der Waals surface area contributed by atoms with Gasteiger partial charge in [0.05, 0.1) is 15.9 Å². The third-order valence-corrected chi connectivity index (χ3v) is 8.89. The maximum Gasteiger partial charge on any atom is 0.270 e. The first-order valence-electron chi connectivity index (χ1n) is 11.0. The summed E-state index contributed by atoms with van der Waals surface area (Å²) >= 11 is 0. The molecule has 1 fully saturated rings. The summed E-state index contributed by atoms with van der Waals surface area (Å²) in [6, 6.07) is 8.86. The molecule has 2 aromatic carbocycles. The highest BCUT2D eigenvalue weighted by Gasteiger charge is 2.40. The van der Waals surface area contributed by atoms with Crippen molar-refractivity contribution in [3.8, 4) is 5.75 Å². The Morgan fingerprint density at radius 1 is 1.09 bits per heavy atom. The summed E-state index contributed by atoms with van der Waals surface area (Å²) in [5, 5.41) is 25.2. The maximum atomic E-state index is 13.3. The van der Waals surface area contributed by atoms with Crippen LogP contribution >= 0.6 is 0 Å². The minimum Gasteiger partial charge on any atom is -0.508 e. The number of anilines is 1. The highest BCUT2D eigenvalue weighted by atomic mass is 32.2. The minimum atomic E-state index is -3.60. The number of phenols is 1. The largest absolute Gasteiger partial charge is 0.508 e. The molecule has 3 atom stereocenters. The first kappa shape index (κ1) is 21.9. The normalized spacial score (nSPS) is 25.3. The van der Waals surface area contributed by atoms with E-state index in [0.717, 1.165) is 17.7 Å². The Morgan fingerprint density at radius 2 is 1.85 bits per heavy atom. The van der Waals surface area contributed by atoms with Crippen LogP contribution < -0.4 is 5.32 Å². The number of nitrogens with one attached hydrogen (secondary N) is 1. The lowest BCUT2D eigenvalue weighted by Gasteiger charge is -2.38. The molecule has 0 spiro atoms. The zero-order valence-electron chi connectivity index (χ0n) is 18.2. The van der Waals surface area contributed by atoms with Gasteiger partial charge in [-0.25, -0.2) is 8.42 Å². The van der Waals surface area contributed by atoms with Crippen LogP contribution in [0.25, 0.3) is 0 Å². The fourth-order valence-electron chi connectivity index (χ4n) is 5.12. The van der Waals surface area contributed by atoms with Gasteiger partial charge < -0.3 is 15.3 Å². The van der Waals surface area contributed by atoms with Gasteiger partial charge in [0.2, 0.25) is 10.0 Å². The number of phenolic OH excluding ortho intramolecular Hbond substituents is 1. The van der Waals surface area contributed by atoms with Crippen molar-refractivity contribution >= 4 is 21.4 Å². The third kappa shape index (κ3) is 3.77. The summed E-state index contributed by atoms with van der Waals surface area (Å²) in [5.41, 5.74) is 2.07.